The van der Waals surface area contributed by atoms with Gasteiger partial charge in [0, 0.05) is 0 Å². The average molecular weight is 392 g/mol. The number of alkyl halides is 3. The van der Waals surface area contributed by atoms with Crippen molar-refractivity contribution >= 4 is 34.8 Å². The van der Waals surface area contributed by atoms with E-state index in [9.17, 15) is 18.0 Å². The molecule has 0 heterocycles. The normalized spacial score (nSPS) is 12.6. The van der Waals surface area contributed by atoms with Crippen LogP contribution in [0, 0.1) is 0 Å². The fraction of sp³-hybridized carbons (Fsp3) is 0.235. The van der Waals surface area contributed by atoms with Gasteiger partial charge in [-0.2, -0.15) is 13.2 Å². The Labute approximate surface area is 152 Å². The maximum absolute atomic E-state index is 12.8. The Morgan fingerprint density at radius 1 is 1.16 bits per heavy atom. The standard InChI is InChI=1S/C17H14Cl2F3NO2/c1-2-14(25-15-6-4-3-5-12(15)19)16(24)23-13-9-10(17(20,21)22)7-8-11(13)18/h3-9,14H,2H2,1H3,(H,23,24)/t14-/m1/s1. The highest BCUT2D eigenvalue weighted by atomic mass is 35.5. The lowest BCUT2D eigenvalue weighted by atomic mass is 10.1. The van der Waals surface area contributed by atoms with Crippen molar-refractivity contribution < 1.29 is 22.7 Å². The van der Waals surface area contributed by atoms with Gasteiger partial charge in [0.05, 0.1) is 21.3 Å². The number of benzene rings is 2. The van der Waals surface area contributed by atoms with Crippen molar-refractivity contribution in [3.63, 3.8) is 0 Å². The van der Waals surface area contributed by atoms with Gasteiger partial charge in [0.25, 0.3) is 5.91 Å². The number of halogens is 5. The third kappa shape index (κ3) is 5.03. The van der Waals surface area contributed by atoms with Crippen LogP contribution in [0.3, 0.4) is 0 Å². The van der Waals surface area contributed by atoms with Crippen LogP contribution in [0.2, 0.25) is 10.0 Å². The largest absolute Gasteiger partial charge is 0.479 e. The second-order valence-corrected chi connectivity index (χ2v) is 5.94. The van der Waals surface area contributed by atoms with E-state index in [4.69, 9.17) is 27.9 Å². The predicted octanol–water partition coefficient (Wildman–Crippen LogP) is 5.81. The van der Waals surface area contributed by atoms with Crippen LogP contribution in [0.5, 0.6) is 5.75 Å². The number of amides is 1. The average Bonchev–Trinajstić information content (AvgIpc) is 2.55. The summed E-state index contributed by atoms with van der Waals surface area (Å²) >= 11 is 11.9. The van der Waals surface area contributed by atoms with Crippen LogP contribution in [-0.4, -0.2) is 12.0 Å². The molecule has 1 atom stereocenters. The Hall–Kier alpha value is -1.92. The number of carbonyl (C=O) groups is 1. The molecule has 0 aliphatic heterocycles. The Morgan fingerprint density at radius 3 is 2.44 bits per heavy atom. The summed E-state index contributed by atoms with van der Waals surface area (Å²) in [6.45, 7) is 1.70. The summed E-state index contributed by atoms with van der Waals surface area (Å²) in [5.41, 5.74) is -1.05. The van der Waals surface area contributed by atoms with Crippen molar-refractivity contribution in [3.05, 3.63) is 58.1 Å². The predicted molar refractivity (Wildman–Crippen MR) is 91.2 cm³/mol. The van der Waals surface area contributed by atoms with Gasteiger partial charge in [0.1, 0.15) is 5.75 Å². The Kier molecular flexibility index (Phi) is 6.19. The molecular weight excluding hydrogens is 378 g/mol. The maximum Gasteiger partial charge on any atom is 0.416 e. The Balaban J connectivity index is 2.18. The third-order valence-electron chi connectivity index (χ3n) is 3.32. The zero-order valence-corrected chi connectivity index (χ0v) is 14.5. The lowest BCUT2D eigenvalue weighted by Crippen LogP contribution is -2.32. The fourth-order valence-electron chi connectivity index (χ4n) is 2.03. The van der Waals surface area contributed by atoms with Crippen LogP contribution in [0.25, 0.3) is 0 Å². The molecule has 0 saturated carbocycles. The maximum atomic E-state index is 12.8. The highest BCUT2D eigenvalue weighted by Gasteiger charge is 2.31. The summed E-state index contributed by atoms with van der Waals surface area (Å²) < 4.78 is 44.0. The molecule has 25 heavy (non-hydrogen) atoms. The molecule has 0 spiro atoms. The molecule has 0 fully saturated rings. The van der Waals surface area contributed by atoms with Crippen LogP contribution in [0.15, 0.2) is 42.5 Å². The Bertz CT molecular complexity index is 766. The van der Waals surface area contributed by atoms with E-state index in [0.29, 0.717) is 10.8 Å². The molecule has 0 radical (unpaired) electrons. The van der Waals surface area contributed by atoms with E-state index < -0.39 is 23.8 Å². The zero-order chi connectivity index (χ0) is 18.6. The first-order valence-electron chi connectivity index (χ1n) is 7.31. The van der Waals surface area contributed by atoms with Gasteiger partial charge in [-0.25, -0.2) is 0 Å². The minimum absolute atomic E-state index is 0.00561. The number of hydrogen-bond acceptors (Lipinski definition) is 2. The van der Waals surface area contributed by atoms with E-state index in [2.05, 4.69) is 5.32 Å². The first-order chi connectivity index (χ1) is 11.7. The van der Waals surface area contributed by atoms with Gasteiger partial charge >= 0.3 is 6.18 Å². The topological polar surface area (TPSA) is 38.3 Å². The number of anilines is 1. The van der Waals surface area contributed by atoms with Crippen LogP contribution in [0.1, 0.15) is 18.9 Å². The van der Waals surface area contributed by atoms with Crippen molar-refractivity contribution in [1.82, 2.24) is 0 Å². The van der Waals surface area contributed by atoms with E-state index >= 15 is 0 Å². The fourth-order valence-corrected chi connectivity index (χ4v) is 2.37. The van der Waals surface area contributed by atoms with Crippen molar-refractivity contribution in [2.45, 2.75) is 25.6 Å². The highest BCUT2D eigenvalue weighted by molar-refractivity contribution is 6.33. The molecule has 0 bridgehead atoms. The molecular formula is C17H14Cl2F3NO2. The minimum atomic E-state index is -4.54. The van der Waals surface area contributed by atoms with Crippen LogP contribution in [-0.2, 0) is 11.0 Å². The number of hydrogen-bond donors (Lipinski definition) is 1. The van der Waals surface area contributed by atoms with E-state index in [1.54, 1.807) is 31.2 Å². The minimum Gasteiger partial charge on any atom is -0.479 e. The van der Waals surface area contributed by atoms with Crippen LogP contribution >= 0.6 is 23.2 Å². The highest BCUT2D eigenvalue weighted by Crippen LogP contribution is 2.34. The number of carbonyl (C=O) groups excluding carboxylic acids is 1. The van der Waals surface area contributed by atoms with Gasteiger partial charge < -0.3 is 10.1 Å². The lowest BCUT2D eigenvalue weighted by Gasteiger charge is -2.19. The molecule has 0 aliphatic rings. The summed E-state index contributed by atoms with van der Waals surface area (Å²) in [5, 5.41) is 2.69. The lowest BCUT2D eigenvalue weighted by molar-refractivity contribution is -0.137. The molecule has 2 aromatic carbocycles. The molecule has 0 unspecified atom stereocenters. The molecule has 8 heteroatoms. The van der Waals surface area contributed by atoms with Crippen LogP contribution < -0.4 is 10.1 Å². The first kappa shape index (κ1) is 19.4. The van der Waals surface area contributed by atoms with Gasteiger partial charge in [-0.3, -0.25) is 4.79 Å². The molecule has 134 valence electrons. The van der Waals surface area contributed by atoms with E-state index in [-0.39, 0.29) is 17.1 Å². The number of ether oxygens (including phenoxy) is 1. The van der Waals surface area contributed by atoms with Crippen molar-refractivity contribution in [3.8, 4) is 5.75 Å². The quantitative estimate of drug-likeness (QED) is 0.698. The first-order valence-corrected chi connectivity index (χ1v) is 8.06. The molecule has 0 saturated heterocycles. The second kappa shape index (κ2) is 7.97. The van der Waals surface area contributed by atoms with Gasteiger partial charge in [0.2, 0.25) is 0 Å². The SMILES string of the molecule is CC[C@@H](Oc1ccccc1Cl)C(=O)Nc1cc(C(F)(F)F)ccc1Cl. The Morgan fingerprint density at radius 2 is 1.84 bits per heavy atom. The molecule has 0 aromatic heterocycles. The summed E-state index contributed by atoms with van der Waals surface area (Å²) in [6.07, 6.45) is -5.19. The van der Waals surface area contributed by atoms with E-state index in [1.807, 2.05) is 0 Å². The molecule has 1 N–H and O–H groups in total. The van der Waals surface area contributed by atoms with Gasteiger partial charge in [-0.15, -0.1) is 0 Å². The van der Waals surface area contributed by atoms with E-state index in [0.717, 1.165) is 18.2 Å². The molecule has 1 amide bonds. The van der Waals surface area contributed by atoms with Crippen LogP contribution in [0.4, 0.5) is 18.9 Å². The van der Waals surface area contributed by atoms with Crippen molar-refractivity contribution in [2.75, 3.05) is 5.32 Å². The second-order valence-electron chi connectivity index (χ2n) is 5.13. The van der Waals surface area contributed by atoms with E-state index in [1.165, 1.54) is 0 Å². The number of rotatable bonds is 5. The summed E-state index contributed by atoms with van der Waals surface area (Å²) in [6, 6.07) is 9.29. The van der Waals surface area contributed by atoms with Gasteiger partial charge in [0.15, 0.2) is 6.10 Å². The third-order valence-corrected chi connectivity index (χ3v) is 3.96. The molecule has 2 aromatic rings. The van der Waals surface area contributed by atoms with Crippen molar-refractivity contribution in [2.24, 2.45) is 0 Å². The molecule has 0 aliphatic carbocycles. The smallest absolute Gasteiger partial charge is 0.416 e. The summed E-state index contributed by atoms with van der Waals surface area (Å²) in [5.74, 6) is -0.315. The molecule has 2 rings (SSSR count). The van der Waals surface area contributed by atoms with Crippen molar-refractivity contribution in [1.29, 1.82) is 0 Å². The molecule has 3 nitrogen and oxygen atoms in total. The van der Waals surface area contributed by atoms with Gasteiger partial charge in [-0.1, -0.05) is 42.3 Å². The zero-order valence-electron chi connectivity index (χ0n) is 13.0. The number of para-hydroxylation sites is 1. The summed E-state index contributed by atoms with van der Waals surface area (Å²) in [4.78, 5) is 12.4. The van der Waals surface area contributed by atoms with Gasteiger partial charge in [-0.05, 0) is 36.8 Å². The summed E-state index contributed by atoms with van der Waals surface area (Å²) in [7, 11) is 0. The monoisotopic (exact) mass is 391 g/mol. The number of nitrogens with one attached hydrogen (secondary N) is 1.